The van der Waals surface area contributed by atoms with Crippen LogP contribution in [0.1, 0.15) is 28.6 Å². The third-order valence-electron chi connectivity index (χ3n) is 4.89. The van der Waals surface area contributed by atoms with Crippen molar-refractivity contribution in [2.24, 2.45) is 0 Å². The summed E-state index contributed by atoms with van der Waals surface area (Å²) >= 11 is 5.91. The molecular formula is C26H21ClO6. The van der Waals surface area contributed by atoms with E-state index in [1.807, 2.05) is 12.1 Å². The zero-order valence-electron chi connectivity index (χ0n) is 18.1. The van der Waals surface area contributed by atoms with Crippen molar-refractivity contribution in [2.45, 2.75) is 20.5 Å². The maximum absolute atomic E-state index is 13.0. The lowest BCUT2D eigenvalue weighted by atomic mass is 10.2. The highest BCUT2D eigenvalue weighted by Crippen LogP contribution is 2.28. The van der Waals surface area contributed by atoms with Crippen LogP contribution < -0.4 is 14.9 Å². The molecule has 0 fully saturated rings. The molecule has 7 heteroatoms. The number of hydrogen-bond donors (Lipinski definition) is 0. The third kappa shape index (κ3) is 5.18. The van der Waals surface area contributed by atoms with Crippen LogP contribution in [0.4, 0.5) is 0 Å². The third-order valence-corrected chi connectivity index (χ3v) is 5.14. The number of fused-ring (bicyclic) bond motifs is 1. The summed E-state index contributed by atoms with van der Waals surface area (Å²) in [7, 11) is 0. The van der Waals surface area contributed by atoms with E-state index in [0.717, 1.165) is 5.56 Å². The molecule has 0 atom stereocenters. The number of esters is 1. The second-order valence-electron chi connectivity index (χ2n) is 7.24. The van der Waals surface area contributed by atoms with Gasteiger partial charge in [-0.15, -0.1) is 0 Å². The minimum atomic E-state index is -0.417. The second-order valence-corrected chi connectivity index (χ2v) is 7.67. The van der Waals surface area contributed by atoms with Gasteiger partial charge in [0.15, 0.2) is 0 Å². The summed E-state index contributed by atoms with van der Waals surface area (Å²) in [6, 6.07) is 18.8. The maximum atomic E-state index is 13.0. The van der Waals surface area contributed by atoms with Crippen molar-refractivity contribution in [3.8, 4) is 17.2 Å². The fourth-order valence-corrected chi connectivity index (χ4v) is 3.34. The molecule has 168 valence electrons. The molecule has 33 heavy (non-hydrogen) atoms. The van der Waals surface area contributed by atoms with E-state index in [-0.39, 0.29) is 11.2 Å². The average Bonchev–Trinajstić information content (AvgIpc) is 2.82. The Labute approximate surface area is 195 Å². The van der Waals surface area contributed by atoms with Gasteiger partial charge in [-0.25, -0.2) is 4.79 Å². The van der Waals surface area contributed by atoms with Crippen molar-refractivity contribution in [1.29, 1.82) is 0 Å². The predicted molar refractivity (Wildman–Crippen MR) is 125 cm³/mol. The predicted octanol–water partition coefficient (Wildman–Crippen LogP) is 6.30. The van der Waals surface area contributed by atoms with E-state index in [2.05, 4.69) is 0 Å². The molecule has 0 spiro atoms. The van der Waals surface area contributed by atoms with Crippen molar-refractivity contribution in [3.05, 3.63) is 98.9 Å². The van der Waals surface area contributed by atoms with Gasteiger partial charge in [0.25, 0.3) is 0 Å². The zero-order chi connectivity index (χ0) is 23.4. The summed E-state index contributed by atoms with van der Waals surface area (Å²) in [5.74, 6) is 0.974. The molecule has 0 saturated heterocycles. The van der Waals surface area contributed by atoms with E-state index in [0.29, 0.717) is 52.0 Å². The lowest BCUT2D eigenvalue weighted by molar-refractivity contribution is 0.0526. The van der Waals surface area contributed by atoms with Crippen molar-refractivity contribution < 1.29 is 23.4 Å². The topological polar surface area (TPSA) is 75.0 Å². The first-order valence-electron chi connectivity index (χ1n) is 10.3. The van der Waals surface area contributed by atoms with Crippen LogP contribution in [0.2, 0.25) is 5.02 Å². The molecule has 4 rings (SSSR count). The first kappa shape index (κ1) is 22.4. The van der Waals surface area contributed by atoms with Crippen LogP contribution in [0.15, 0.2) is 75.9 Å². The first-order valence-corrected chi connectivity index (χ1v) is 10.7. The smallest absolute Gasteiger partial charge is 0.338 e. The Hall–Kier alpha value is -3.77. The van der Waals surface area contributed by atoms with E-state index in [4.69, 9.17) is 30.2 Å². The molecule has 3 aromatic carbocycles. The van der Waals surface area contributed by atoms with Crippen molar-refractivity contribution >= 4 is 28.5 Å². The Kier molecular flexibility index (Phi) is 6.66. The Morgan fingerprint density at radius 1 is 0.970 bits per heavy atom. The number of rotatable bonds is 7. The number of benzene rings is 3. The summed E-state index contributed by atoms with van der Waals surface area (Å²) in [5, 5.41) is 1.03. The zero-order valence-corrected chi connectivity index (χ0v) is 18.8. The number of carbonyl (C=O) groups is 1. The summed E-state index contributed by atoms with van der Waals surface area (Å²) < 4.78 is 22.4. The van der Waals surface area contributed by atoms with Gasteiger partial charge in [-0.1, -0.05) is 23.7 Å². The van der Waals surface area contributed by atoms with Gasteiger partial charge in [0.05, 0.1) is 17.6 Å². The highest BCUT2D eigenvalue weighted by atomic mass is 35.5. The molecule has 0 aliphatic carbocycles. The molecule has 0 amide bonds. The first-order chi connectivity index (χ1) is 15.9. The van der Waals surface area contributed by atoms with Gasteiger partial charge < -0.3 is 18.6 Å². The van der Waals surface area contributed by atoms with Crippen molar-refractivity contribution in [1.82, 2.24) is 0 Å². The molecular weight excluding hydrogens is 444 g/mol. The largest absolute Gasteiger partial charge is 0.489 e. The van der Waals surface area contributed by atoms with E-state index in [1.54, 1.807) is 68.4 Å². The van der Waals surface area contributed by atoms with Gasteiger partial charge >= 0.3 is 5.97 Å². The summed E-state index contributed by atoms with van der Waals surface area (Å²) in [5.41, 5.74) is 1.47. The van der Waals surface area contributed by atoms with Crippen LogP contribution in [0.5, 0.6) is 17.2 Å². The highest BCUT2D eigenvalue weighted by molar-refractivity contribution is 6.30. The van der Waals surface area contributed by atoms with E-state index >= 15 is 0 Å². The van der Waals surface area contributed by atoms with Gasteiger partial charge in [0.1, 0.15) is 29.4 Å². The minimum Gasteiger partial charge on any atom is -0.489 e. The number of carbonyl (C=O) groups excluding carboxylic acids is 1. The lowest BCUT2D eigenvalue weighted by Gasteiger charge is -2.11. The average molecular weight is 465 g/mol. The van der Waals surface area contributed by atoms with Gasteiger partial charge in [-0.05, 0) is 67.9 Å². The van der Waals surface area contributed by atoms with Gasteiger partial charge in [-0.2, -0.15) is 0 Å². The Morgan fingerprint density at radius 3 is 2.36 bits per heavy atom. The molecule has 0 saturated carbocycles. The Bertz CT molecular complexity index is 1340. The summed E-state index contributed by atoms with van der Waals surface area (Å²) in [4.78, 5) is 24.8. The molecule has 0 N–H and O–H groups in total. The Morgan fingerprint density at radius 2 is 1.67 bits per heavy atom. The molecule has 1 heterocycles. The number of ether oxygens (including phenoxy) is 3. The Balaban J connectivity index is 1.54. The SMILES string of the molecule is CCOC(=O)c1ccc(Oc2c(C)oc3cc(OCc4ccc(Cl)cc4)ccc3c2=O)cc1. The molecule has 1 aromatic heterocycles. The van der Waals surface area contributed by atoms with Crippen molar-refractivity contribution in [3.63, 3.8) is 0 Å². The molecule has 0 bridgehead atoms. The number of halogens is 1. The highest BCUT2D eigenvalue weighted by Gasteiger charge is 2.15. The van der Waals surface area contributed by atoms with E-state index in [9.17, 15) is 9.59 Å². The van der Waals surface area contributed by atoms with Crippen LogP contribution in [0.25, 0.3) is 11.0 Å². The van der Waals surface area contributed by atoms with Gasteiger partial charge in [-0.3, -0.25) is 4.79 Å². The second kappa shape index (κ2) is 9.79. The number of aryl methyl sites for hydroxylation is 1. The molecule has 6 nitrogen and oxygen atoms in total. The van der Waals surface area contributed by atoms with Gasteiger partial charge in [0.2, 0.25) is 11.2 Å². The summed E-state index contributed by atoms with van der Waals surface area (Å²) in [6.45, 7) is 4.05. The standard InChI is InChI=1S/C26H21ClO6/c1-3-30-26(29)18-6-10-20(11-7-18)33-25-16(2)32-23-14-21(12-13-22(23)24(25)28)31-15-17-4-8-19(27)9-5-17/h4-14H,3,15H2,1-2H3. The normalized spacial score (nSPS) is 10.8. The molecule has 0 aliphatic heterocycles. The van der Waals surface area contributed by atoms with Crippen LogP contribution in [0, 0.1) is 6.92 Å². The molecule has 0 unspecified atom stereocenters. The molecule has 4 aromatic rings. The molecule has 0 radical (unpaired) electrons. The minimum absolute atomic E-state index is 0.0845. The van der Waals surface area contributed by atoms with E-state index in [1.165, 1.54) is 0 Å². The fourth-order valence-electron chi connectivity index (χ4n) is 3.21. The van der Waals surface area contributed by atoms with Crippen LogP contribution in [0.3, 0.4) is 0 Å². The summed E-state index contributed by atoms with van der Waals surface area (Å²) in [6.07, 6.45) is 0. The quantitative estimate of drug-likeness (QED) is 0.299. The van der Waals surface area contributed by atoms with Crippen LogP contribution >= 0.6 is 11.6 Å². The molecule has 0 aliphatic rings. The van der Waals surface area contributed by atoms with Crippen molar-refractivity contribution in [2.75, 3.05) is 6.61 Å². The fraction of sp³-hybridized carbons (Fsp3) is 0.154. The van der Waals surface area contributed by atoms with Crippen LogP contribution in [-0.4, -0.2) is 12.6 Å². The number of hydrogen-bond acceptors (Lipinski definition) is 6. The van der Waals surface area contributed by atoms with E-state index < -0.39 is 5.97 Å². The lowest BCUT2D eigenvalue weighted by Crippen LogP contribution is -2.08. The van der Waals surface area contributed by atoms with Gasteiger partial charge in [0, 0.05) is 11.1 Å². The van der Waals surface area contributed by atoms with Crippen LogP contribution in [-0.2, 0) is 11.3 Å². The monoisotopic (exact) mass is 464 g/mol. The maximum Gasteiger partial charge on any atom is 0.338 e.